The van der Waals surface area contributed by atoms with Gasteiger partial charge in [0.1, 0.15) is 11.6 Å². The zero-order valence-electron chi connectivity index (χ0n) is 9.81. The lowest BCUT2D eigenvalue weighted by Gasteiger charge is -2.27. The Morgan fingerprint density at radius 1 is 1.33 bits per heavy atom. The lowest BCUT2D eigenvalue weighted by atomic mass is 10.2. The molecule has 3 rings (SSSR count). The van der Waals surface area contributed by atoms with Gasteiger partial charge in [-0.05, 0) is 12.1 Å². The maximum Gasteiger partial charge on any atom is 0.128 e. The summed E-state index contributed by atoms with van der Waals surface area (Å²) in [5.41, 5.74) is 0.734. The van der Waals surface area contributed by atoms with E-state index in [0.29, 0.717) is 6.54 Å². The molecule has 1 aromatic heterocycles. The van der Waals surface area contributed by atoms with E-state index in [4.69, 9.17) is 0 Å². The van der Waals surface area contributed by atoms with Gasteiger partial charge in [0.05, 0.1) is 6.54 Å². The quantitative estimate of drug-likeness (QED) is 0.850. The molecular weight excluding hydrogens is 297 g/mol. The van der Waals surface area contributed by atoms with Crippen LogP contribution in [0.5, 0.6) is 0 Å². The number of hydrogen-bond acceptors (Lipinski definition) is 2. The van der Waals surface area contributed by atoms with E-state index in [9.17, 15) is 4.39 Å². The number of hydrogen-bond donors (Lipinski definition) is 0. The van der Waals surface area contributed by atoms with Crippen LogP contribution in [-0.4, -0.2) is 21.0 Å². The highest BCUT2D eigenvalue weighted by Gasteiger charge is 2.17. The molecule has 0 spiro atoms. The first-order valence-electron chi connectivity index (χ1n) is 5.88. The largest absolute Gasteiger partial charge is 0.333 e. The molecule has 0 saturated heterocycles. The molecule has 0 bridgehead atoms. The third-order valence-electron chi connectivity index (χ3n) is 3.23. The van der Waals surface area contributed by atoms with Crippen molar-refractivity contribution in [3.05, 3.63) is 52.3 Å². The number of fused-ring (bicyclic) bond motifs is 1. The fraction of sp³-hybridized carbons (Fsp3) is 0.308. The molecule has 2 aromatic rings. The van der Waals surface area contributed by atoms with Crippen molar-refractivity contribution in [2.75, 3.05) is 6.54 Å². The molecule has 5 heteroatoms. The Bertz CT molecular complexity index is 567. The van der Waals surface area contributed by atoms with Gasteiger partial charge in [0, 0.05) is 42.1 Å². The van der Waals surface area contributed by atoms with Crippen molar-refractivity contribution in [3.8, 4) is 0 Å². The Kier molecular flexibility index (Phi) is 3.18. The van der Waals surface area contributed by atoms with Crippen LogP contribution in [0.1, 0.15) is 11.4 Å². The monoisotopic (exact) mass is 309 g/mol. The summed E-state index contributed by atoms with van der Waals surface area (Å²) in [7, 11) is 0. The topological polar surface area (TPSA) is 21.1 Å². The Morgan fingerprint density at radius 2 is 2.22 bits per heavy atom. The van der Waals surface area contributed by atoms with E-state index < -0.39 is 0 Å². The van der Waals surface area contributed by atoms with Crippen LogP contribution in [-0.2, 0) is 19.6 Å². The fourth-order valence-electron chi connectivity index (χ4n) is 2.25. The van der Waals surface area contributed by atoms with E-state index in [0.717, 1.165) is 35.5 Å². The van der Waals surface area contributed by atoms with Crippen LogP contribution < -0.4 is 0 Å². The third kappa shape index (κ3) is 2.33. The van der Waals surface area contributed by atoms with E-state index >= 15 is 0 Å². The minimum atomic E-state index is -0.154. The third-order valence-corrected chi connectivity index (χ3v) is 3.73. The number of halogens is 2. The molecule has 1 aromatic carbocycles. The van der Waals surface area contributed by atoms with Crippen LogP contribution in [0.25, 0.3) is 0 Å². The summed E-state index contributed by atoms with van der Waals surface area (Å²) in [4.78, 5) is 6.52. The molecule has 0 atom stereocenters. The summed E-state index contributed by atoms with van der Waals surface area (Å²) in [6, 6.07) is 5.23. The molecule has 18 heavy (non-hydrogen) atoms. The maximum atomic E-state index is 13.8. The lowest BCUT2D eigenvalue weighted by molar-refractivity contribution is 0.206. The zero-order chi connectivity index (χ0) is 12.5. The van der Waals surface area contributed by atoms with E-state index in [1.807, 2.05) is 24.5 Å². The summed E-state index contributed by atoms with van der Waals surface area (Å²) in [5, 5.41) is 0. The van der Waals surface area contributed by atoms with Gasteiger partial charge in [0.2, 0.25) is 0 Å². The first-order chi connectivity index (χ1) is 8.72. The predicted molar refractivity (Wildman–Crippen MR) is 70.4 cm³/mol. The first-order valence-corrected chi connectivity index (χ1v) is 6.68. The molecule has 0 aliphatic carbocycles. The SMILES string of the molecule is Fc1cc(Br)ccc1CN1CCn2ccnc2C1. The number of aromatic nitrogens is 2. The molecule has 1 aliphatic heterocycles. The molecular formula is C13H13BrFN3. The van der Waals surface area contributed by atoms with Crippen LogP contribution >= 0.6 is 15.9 Å². The van der Waals surface area contributed by atoms with Crippen LogP contribution in [0.2, 0.25) is 0 Å². The van der Waals surface area contributed by atoms with Crippen molar-refractivity contribution in [3.63, 3.8) is 0 Å². The van der Waals surface area contributed by atoms with E-state index in [1.54, 1.807) is 0 Å². The Morgan fingerprint density at radius 3 is 3.06 bits per heavy atom. The number of rotatable bonds is 2. The maximum absolute atomic E-state index is 13.8. The second-order valence-corrected chi connectivity index (χ2v) is 5.40. The molecule has 0 N–H and O–H groups in total. The highest BCUT2D eigenvalue weighted by molar-refractivity contribution is 9.10. The normalized spacial score (nSPS) is 15.7. The van der Waals surface area contributed by atoms with Gasteiger partial charge in [-0.3, -0.25) is 4.90 Å². The number of benzene rings is 1. The van der Waals surface area contributed by atoms with E-state index in [1.165, 1.54) is 6.07 Å². The molecule has 0 fully saturated rings. The Labute approximate surface area is 113 Å². The summed E-state index contributed by atoms with van der Waals surface area (Å²) in [6.07, 6.45) is 3.81. The standard InChI is InChI=1S/C13H13BrFN3/c14-11-2-1-10(12(15)7-11)8-17-5-6-18-4-3-16-13(18)9-17/h1-4,7H,5-6,8-9H2. The molecule has 0 radical (unpaired) electrons. The van der Waals surface area contributed by atoms with Crippen LogP contribution in [0.15, 0.2) is 35.1 Å². The average Bonchev–Trinajstić information content (AvgIpc) is 2.80. The lowest BCUT2D eigenvalue weighted by Crippen LogP contribution is -2.33. The van der Waals surface area contributed by atoms with Gasteiger partial charge >= 0.3 is 0 Å². The predicted octanol–water partition coefficient (Wildman–Crippen LogP) is 2.80. The van der Waals surface area contributed by atoms with Crippen LogP contribution in [0, 0.1) is 5.82 Å². The van der Waals surface area contributed by atoms with Crippen molar-refractivity contribution in [2.24, 2.45) is 0 Å². The number of imidazole rings is 1. The summed E-state index contributed by atoms with van der Waals surface area (Å²) in [5.74, 6) is 0.900. The van der Waals surface area contributed by atoms with Gasteiger partial charge in [-0.1, -0.05) is 22.0 Å². The van der Waals surface area contributed by atoms with Gasteiger partial charge in [0.15, 0.2) is 0 Å². The van der Waals surface area contributed by atoms with Gasteiger partial charge in [-0.15, -0.1) is 0 Å². The fourth-order valence-corrected chi connectivity index (χ4v) is 2.58. The van der Waals surface area contributed by atoms with Crippen molar-refractivity contribution < 1.29 is 4.39 Å². The minimum Gasteiger partial charge on any atom is -0.333 e. The molecule has 0 amide bonds. The highest BCUT2D eigenvalue weighted by Crippen LogP contribution is 2.19. The van der Waals surface area contributed by atoms with Crippen LogP contribution in [0.3, 0.4) is 0 Å². The van der Waals surface area contributed by atoms with Crippen molar-refractivity contribution >= 4 is 15.9 Å². The van der Waals surface area contributed by atoms with Crippen LogP contribution in [0.4, 0.5) is 4.39 Å². The Balaban J connectivity index is 1.74. The van der Waals surface area contributed by atoms with Crippen molar-refractivity contribution in [1.82, 2.24) is 14.5 Å². The molecule has 1 aliphatic rings. The van der Waals surface area contributed by atoms with E-state index in [-0.39, 0.29) is 5.82 Å². The highest BCUT2D eigenvalue weighted by atomic mass is 79.9. The van der Waals surface area contributed by atoms with Gasteiger partial charge in [-0.2, -0.15) is 0 Å². The van der Waals surface area contributed by atoms with Crippen molar-refractivity contribution in [1.29, 1.82) is 0 Å². The minimum absolute atomic E-state index is 0.154. The van der Waals surface area contributed by atoms with Gasteiger partial charge in [0.25, 0.3) is 0 Å². The van der Waals surface area contributed by atoms with E-state index in [2.05, 4.69) is 30.4 Å². The smallest absolute Gasteiger partial charge is 0.128 e. The molecule has 0 saturated carbocycles. The summed E-state index contributed by atoms with van der Waals surface area (Å²) in [6.45, 7) is 3.26. The van der Waals surface area contributed by atoms with Crippen molar-refractivity contribution in [2.45, 2.75) is 19.6 Å². The zero-order valence-corrected chi connectivity index (χ0v) is 11.4. The molecule has 3 nitrogen and oxygen atoms in total. The second kappa shape index (κ2) is 4.82. The van der Waals surface area contributed by atoms with Gasteiger partial charge < -0.3 is 4.57 Å². The second-order valence-electron chi connectivity index (χ2n) is 4.48. The number of nitrogens with zero attached hydrogens (tertiary/aromatic N) is 3. The molecule has 94 valence electrons. The van der Waals surface area contributed by atoms with Gasteiger partial charge in [-0.25, -0.2) is 9.37 Å². The summed E-state index contributed by atoms with van der Waals surface area (Å²) < 4.78 is 16.7. The molecule has 0 unspecified atom stereocenters. The first kappa shape index (κ1) is 11.9. The molecule has 2 heterocycles. The Hall–Kier alpha value is -1.20. The average molecular weight is 310 g/mol. The summed E-state index contributed by atoms with van der Waals surface area (Å²) >= 11 is 3.27.